The van der Waals surface area contributed by atoms with E-state index < -0.39 is 0 Å². The number of nitrogens with two attached hydrogens (primary N) is 1. The summed E-state index contributed by atoms with van der Waals surface area (Å²) in [5.41, 5.74) is 6.24. The molecule has 1 aliphatic heterocycles. The van der Waals surface area contributed by atoms with Crippen LogP contribution in [0.3, 0.4) is 0 Å². The average molecular weight is 155 g/mol. The minimum absolute atomic E-state index is 0.148. The fourth-order valence-electron chi connectivity index (χ4n) is 2.02. The molecule has 3 atom stereocenters. The Balaban J connectivity index is 1.81. The van der Waals surface area contributed by atoms with E-state index in [0.29, 0.717) is 6.10 Å². The quantitative estimate of drug-likeness (QED) is 0.652. The molecule has 2 fully saturated rings. The Hall–Kier alpha value is -0.0800. The smallest absolute Gasteiger partial charge is 0.0593 e. The first-order valence-corrected chi connectivity index (χ1v) is 4.61. The molecule has 1 aliphatic carbocycles. The molecule has 0 aromatic rings. The Labute approximate surface area is 68.1 Å². The summed E-state index contributed by atoms with van der Waals surface area (Å²) in [4.78, 5) is 0. The van der Waals surface area contributed by atoms with Gasteiger partial charge in [-0.05, 0) is 31.6 Å². The van der Waals surface area contributed by atoms with Crippen molar-refractivity contribution in [3.63, 3.8) is 0 Å². The van der Waals surface area contributed by atoms with Gasteiger partial charge in [0.05, 0.1) is 6.10 Å². The number of ether oxygens (including phenoxy) is 1. The predicted octanol–water partition coefficient (Wildman–Crippen LogP) is 1.29. The van der Waals surface area contributed by atoms with Crippen LogP contribution < -0.4 is 5.73 Å². The maximum Gasteiger partial charge on any atom is 0.0593 e. The normalized spacial score (nSPS) is 49.6. The lowest BCUT2D eigenvalue weighted by Gasteiger charge is -2.15. The number of hydrogen-bond acceptors (Lipinski definition) is 2. The van der Waals surface area contributed by atoms with Crippen molar-refractivity contribution in [1.82, 2.24) is 0 Å². The molecule has 0 radical (unpaired) electrons. The van der Waals surface area contributed by atoms with E-state index in [-0.39, 0.29) is 5.54 Å². The Morgan fingerprint density at radius 2 is 2.36 bits per heavy atom. The van der Waals surface area contributed by atoms with Crippen LogP contribution in [0.2, 0.25) is 0 Å². The van der Waals surface area contributed by atoms with E-state index in [1.807, 2.05) is 0 Å². The lowest BCUT2D eigenvalue weighted by atomic mass is 10.0. The van der Waals surface area contributed by atoms with Gasteiger partial charge in [-0.3, -0.25) is 0 Å². The van der Waals surface area contributed by atoms with Crippen LogP contribution in [0.25, 0.3) is 0 Å². The molecule has 11 heavy (non-hydrogen) atoms. The summed E-state index contributed by atoms with van der Waals surface area (Å²) in [5.74, 6) is 0.728. The van der Waals surface area contributed by atoms with Crippen molar-refractivity contribution < 1.29 is 4.74 Å². The van der Waals surface area contributed by atoms with Crippen molar-refractivity contribution in [2.45, 2.75) is 44.2 Å². The SMILES string of the molecule is CC1CC1(N)CC1CCCO1. The minimum atomic E-state index is 0.148. The second-order valence-electron chi connectivity index (χ2n) is 4.18. The standard InChI is InChI=1S/C9H17NO/c1-7-5-9(7,10)6-8-3-2-4-11-8/h7-8H,2-6,10H2,1H3. The van der Waals surface area contributed by atoms with Crippen molar-refractivity contribution >= 4 is 0 Å². The third kappa shape index (κ3) is 1.42. The van der Waals surface area contributed by atoms with Crippen molar-refractivity contribution in [1.29, 1.82) is 0 Å². The highest BCUT2D eigenvalue weighted by molar-refractivity contribution is 5.06. The summed E-state index contributed by atoms with van der Waals surface area (Å²) in [7, 11) is 0. The summed E-state index contributed by atoms with van der Waals surface area (Å²) in [6.07, 6.45) is 5.23. The molecular formula is C9H17NO. The zero-order valence-electron chi connectivity index (χ0n) is 7.18. The Morgan fingerprint density at radius 1 is 1.64 bits per heavy atom. The molecule has 2 heteroatoms. The van der Waals surface area contributed by atoms with Gasteiger partial charge in [0.1, 0.15) is 0 Å². The van der Waals surface area contributed by atoms with Crippen molar-refractivity contribution in [3.8, 4) is 0 Å². The molecule has 2 N–H and O–H groups in total. The van der Waals surface area contributed by atoms with Gasteiger partial charge in [0.25, 0.3) is 0 Å². The molecule has 2 nitrogen and oxygen atoms in total. The van der Waals surface area contributed by atoms with Gasteiger partial charge in [0, 0.05) is 12.1 Å². The molecule has 1 saturated heterocycles. The zero-order chi connectivity index (χ0) is 7.90. The summed E-state index contributed by atoms with van der Waals surface area (Å²) >= 11 is 0. The van der Waals surface area contributed by atoms with E-state index in [4.69, 9.17) is 10.5 Å². The van der Waals surface area contributed by atoms with Crippen LogP contribution in [0.5, 0.6) is 0 Å². The van der Waals surface area contributed by atoms with Crippen LogP contribution in [0, 0.1) is 5.92 Å². The van der Waals surface area contributed by atoms with Gasteiger partial charge in [-0.1, -0.05) is 6.92 Å². The minimum Gasteiger partial charge on any atom is -0.378 e. The van der Waals surface area contributed by atoms with Gasteiger partial charge in [-0.25, -0.2) is 0 Å². The highest BCUT2D eigenvalue weighted by Crippen LogP contribution is 2.45. The van der Waals surface area contributed by atoms with E-state index in [0.717, 1.165) is 18.9 Å². The Morgan fingerprint density at radius 3 is 2.82 bits per heavy atom. The summed E-state index contributed by atoms with van der Waals surface area (Å²) in [6, 6.07) is 0. The number of hydrogen-bond donors (Lipinski definition) is 1. The van der Waals surface area contributed by atoms with Crippen LogP contribution in [0.4, 0.5) is 0 Å². The fourth-order valence-corrected chi connectivity index (χ4v) is 2.02. The van der Waals surface area contributed by atoms with Crippen LogP contribution >= 0.6 is 0 Å². The molecule has 0 bridgehead atoms. The molecule has 2 rings (SSSR count). The van der Waals surface area contributed by atoms with Crippen LogP contribution in [0.1, 0.15) is 32.6 Å². The summed E-state index contributed by atoms with van der Waals surface area (Å²) in [6.45, 7) is 3.18. The van der Waals surface area contributed by atoms with Gasteiger partial charge in [-0.2, -0.15) is 0 Å². The lowest BCUT2D eigenvalue weighted by Crippen LogP contribution is -2.29. The van der Waals surface area contributed by atoms with Gasteiger partial charge in [0.15, 0.2) is 0 Å². The average Bonchev–Trinajstić information content (AvgIpc) is 2.43. The topological polar surface area (TPSA) is 35.2 Å². The van der Waals surface area contributed by atoms with Gasteiger partial charge in [-0.15, -0.1) is 0 Å². The van der Waals surface area contributed by atoms with Gasteiger partial charge < -0.3 is 10.5 Å². The summed E-state index contributed by atoms with van der Waals surface area (Å²) in [5, 5.41) is 0. The monoisotopic (exact) mass is 155 g/mol. The maximum atomic E-state index is 6.09. The van der Waals surface area contributed by atoms with Gasteiger partial charge in [0.2, 0.25) is 0 Å². The van der Waals surface area contributed by atoms with Crippen LogP contribution in [-0.2, 0) is 4.74 Å². The summed E-state index contributed by atoms with van der Waals surface area (Å²) < 4.78 is 5.54. The molecule has 64 valence electrons. The van der Waals surface area contributed by atoms with Crippen LogP contribution in [0.15, 0.2) is 0 Å². The molecule has 2 aliphatic rings. The van der Waals surface area contributed by atoms with E-state index in [9.17, 15) is 0 Å². The third-order valence-electron chi connectivity index (χ3n) is 3.14. The molecule has 0 aromatic heterocycles. The van der Waals surface area contributed by atoms with Crippen molar-refractivity contribution in [2.75, 3.05) is 6.61 Å². The van der Waals surface area contributed by atoms with E-state index in [1.165, 1.54) is 19.3 Å². The third-order valence-corrected chi connectivity index (χ3v) is 3.14. The first kappa shape index (κ1) is 7.56. The molecule has 1 heterocycles. The second kappa shape index (κ2) is 2.46. The van der Waals surface area contributed by atoms with Gasteiger partial charge >= 0.3 is 0 Å². The highest BCUT2D eigenvalue weighted by atomic mass is 16.5. The second-order valence-corrected chi connectivity index (χ2v) is 4.18. The fraction of sp³-hybridized carbons (Fsp3) is 1.00. The maximum absolute atomic E-state index is 6.09. The molecule has 1 saturated carbocycles. The Kier molecular flexibility index (Phi) is 1.69. The van der Waals surface area contributed by atoms with Crippen molar-refractivity contribution in [2.24, 2.45) is 11.7 Å². The van der Waals surface area contributed by atoms with E-state index >= 15 is 0 Å². The van der Waals surface area contributed by atoms with Crippen molar-refractivity contribution in [3.05, 3.63) is 0 Å². The molecular weight excluding hydrogens is 138 g/mol. The highest BCUT2D eigenvalue weighted by Gasteiger charge is 2.48. The lowest BCUT2D eigenvalue weighted by molar-refractivity contribution is 0.0946. The predicted molar refractivity (Wildman–Crippen MR) is 44.3 cm³/mol. The molecule has 0 spiro atoms. The van der Waals surface area contributed by atoms with E-state index in [2.05, 4.69) is 6.92 Å². The largest absolute Gasteiger partial charge is 0.378 e. The zero-order valence-corrected chi connectivity index (χ0v) is 7.18. The molecule has 0 amide bonds. The first-order chi connectivity index (χ1) is 5.21. The molecule has 0 aromatic carbocycles. The van der Waals surface area contributed by atoms with E-state index in [1.54, 1.807) is 0 Å². The Bertz CT molecular complexity index is 154. The number of rotatable bonds is 2. The van der Waals surface area contributed by atoms with Crippen LogP contribution in [-0.4, -0.2) is 18.2 Å². The first-order valence-electron chi connectivity index (χ1n) is 4.61. The molecule has 3 unspecified atom stereocenters.